The Bertz CT molecular complexity index is 877. The summed E-state index contributed by atoms with van der Waals surface area (Å²) < 4.78 is 0. The molecule has 0 amide bonds. The lowest BCUT2D eigenvalue weighted by molar-refractivity contribution is 1.12. The summed E-state index contributed by atoms with van der Waals surface area (Å²) in [6.07, 6.45) is 1.79. The van der Waals surface area contributed by atoms with E-state index in [1.807, 2.05) is 24.3 Å². The first-order valence-corrected chi connectivity index (χ1v) is 6.20. The molecule has 4 rings (SSSR count). The van der Waals surface area contributed by atoms with Crippen molar-refractivity contribution in [1.29, 1.82) is 0 Å². The van der Waals surface area contributed by atoms with Crippen LogP contribution in [0.2, 0.25) is 0 Å². The molecule has 2 aromatic heterocycles. The lowest BCUT2D eigenvalue weighted by Crippen LogP contribution is -1.81. The molecular formula is C16H11N3. The Morgan fingerprint density at radius 3 is 2.68 bits per heavy atom. The van der Waals surface area contributed by atoms with Gasteiger partial charge in [-0.15, -0.1) is 0 Å². The molecule has 0 fully saturated rings. The van der Waals surface area contributed by atoms with Crippen molar-refractivity contribution in [3.63, 3.8) is 0 Å². The number of aromatic nitrogens is 3. The van der Waals surface area contributed by atoms with Gasteiger partial charge in [0.15, 0.2) is 0 Å². The van der Waals surface area contributed by atoms with Crippen LogP contribution in [0, 0.1) is 0 Å². The number of fused-ring (bicyclic) bond motifs is 2. The molecule has 0 spiro atoms. The summed E-state index contributed by atoms with van der Waals surface area (Å²) in [7, 11) is 0. The fourth-order valence-corrected chi connectivity index (χ4v) is 2.39. The maximum Gasteiger partial charge on any atom is 0.118 e. The number of hydrogen-bond acceptors (Lipinski definition) is 2. The summed E-state index contributed by atoms with van der Waals surface area (Å²) in [5.41, 5.74) is 3.87. The highest BCUT2D eigenvalue weighted by Crippen LogP contribution is 2.27. The third-order valence-corrected chi connectivity index (χ3v) is 3.34. The minimum absolute atomic E-state index is 0.904. The number of nitrogens with one attached hydrogen (secondary N) is 1. The van der Waals surface area contributed by atoms with Crippen LogP contribution in [0.15, 0.2) is 60.8 Å². The maximum absolute atomic E-state index is 4.40. The largest absolute Gasteiger partial charge is 0.276 e. The van der Waals surface area contributed by atoms with E-state index in [1.165, 1.54) is 10.8 Å². The minimum atomic E-state index is 0.904. The zero-order chi connectivity index (χ0) is 12.7. The molecule has 0 aliphatic carbocycles. The van der Waals surface area contributed by atoms with E-state index in [2.05, 4.69) is 45.5 Å². The molecule has 0 saturated carbocycles. The van der Waals surface area contributed by atoms with E-state index >= 15 is 0 Å². The van der Waals surface area contributed by atoms with E-state index in [0.717, 1.165) is 22.3 Å². The van der Waals surface area contributed by atoms with Gasteiger partial charge in [0, 0.05) is 11.8 Å². The summed E-state index contributed by atoms with van der Waals surface area (Å²) in [6, 6.07) is 18.6. The smallest absolute Gasteiger partial charge is 0.118 e. The zero-order valence-electron chi connectivity index (χ0n) is 10.2. The second-order valence-corrected chi connectivity index (χ2v) is 4.53. The minimum Gasteiger partial charge on any atom is -0.276 e. The molecule has 4 aromatic rings. The van der Waals surface area contributed by atoms with Gasteiger partial charge in [-0.05, 0) is 29.0 Å². The van der Waals surface area contributed by atoms with Crippen LogP contribution in [0.3, 0.4) is 0 Å². The van der Waals surface area contributed by atoms with Crippen LogP contribution in [0.25, 0.3) is 33.1 Å². The van der Waals surface area contributed by atoms with Crippen molar-refractivity contribution in [3.05, 3.63) is 60.8 Å². The fraction of sp³-hybridized carbons (Fsp3) is 0. The number of H-pyrrole nitrogens is 1. The van der Waals surface area contributed by atoms with E-state index < -0.39 is 0 Å². The molecule has 19 heavy (non-hydrogen) atoms. The van der Waals surface area contributed by atoms with Gasteiger partial charge >= 0.3 is 0 Å². The standard InChI is InChI=1S/C16H11N3/c1-2-5-12-10-13(8-7-11(12)4-1)15-16-14(18-19-15)6-3-9-17-16/h1-10H,(H,18,19). The first-order chi connectivity index (χ1) is 9.42. The molecular weight excluding hydrogens is 234 g/mol. The van der Waals surface area contributed by atoms with Gasteiger partial charge in [-0.2, -0.15) is 5.10 Å². The van der Waals surface area contributed by atoms with Crippen molar-refractivity contribution in [2.75, 3.05) is 0 Å². The van der Waals surface area contributed by atoms with Crippen LogP contribution in [0.5, 0.6) is 0 Å². The van der Waals surface area contributed by atoms with E-state index in [0.29, 0.717) is 0 Å². The van der Waals surface area contributed by atoms with Crippen molar-refractivity contribution < 1.29 is 0 Å². The molecule has 0 saturated heterocycles. The van der Waals surface area contributed by atoms with E-state index in [1.54, 1.807) is 6.20 Å². The summed E-state index contributed by atoms with van der Waals surface area (Å²) in [6.45, 7) is 0. The van der Waals surface area contributed by atoms with E-state index in [9.17, 15) is 0 Å². The molecule has 2 aromatic carbocycles. The summed E-state index contributed by atoms with van der Waals surface area (Å²) in [5, 5.41) is 9.86. The third kappa shape index (κ3) is 1.59. The van der Waals surface area contributed by atoms with Crippen LogP contribution >= 0.6 is 0 Å². The van der Waals surface area contributed by atoms with E-state index in [-0.39, 0.29) is 0 Å². The monoisotopic (exact) mass is 245 g/mol. The van der Waals surface area contributed by atoms with Gasteiger partial charge in [0.05, 0.1) is 5.52 Å². The van der Waals surface area contributed by atoms with Crippen molar-refractivity contribution in [2.24, 2.45) is 0 Å². The third-order valence-electron chi connectivity index (χ3n) is 3.34. The molecule has 0 unspecified atom stereocenters. The Labute approximate surface area is 109 Å². The average Bonchev–Trinajstić information content (AvgIpc) is 2.91. The SMILES string of the molecule is c1ccc2cc(-c3n[nH]c4cccnc34)ccc2c1. The number of benzene rings is 2. The highest BCUT2D eigenvalue weighted by molar-refractivity contribution is 5.93. The lowest BCUT2D eigenvalue weighted by atomic mass is 10.0. The number of nitrogens with zero attached hydrogens (tertiary/aromatic N) is 2. The number of hydrogen-bond donors (Lipinski definition) is 1. The molecule has 3 nitrogen and oxygen atoms in total. The van der Waals surface area contributed by atoms with Crippen LogP contribution in [-0.2, 0) is 0 Å². The molecule has 0 aliphatic heterocycles. The lowest BCUT2D eigenvalue weighted by Gasteiger charge is -2.01. The average molecular weight is 245 g/mol. The van der Waals surface area contributed by atoms with Gasteiger partial charge in [-0.1, -0.05) is 36.4 Å². The fourth-order valence-electron chi connectivity index (χ4n) is 2.39. The maximum atomic E-state index is 4.40. The molecule has 0 radical (unpaired) electrons. The topological polar surface area (TPSA) is 41.6 Å². The van der Waals surface area contributed by atoms with Crippen LogP contribution in [0.1, 0.15) is 0 Å². The summed E-state index contributed by atoms with van der Waals surface area (Å²) in [4.78, 5) is 4.40. The predicted molar refractivity (Wildman–Crippen MR) is 76.8 cm³/mol. The van der Waals surface area contributed by atoms with Crippen LogP contribution < -0.4 is 0 Å². The highest BCUT2D eigenvalue weighted by Gasteiger charge is 2.08. The Hall–Kier alpha value is -2.68. The Morgan fingerprint density at radius 2 is 1.74 bits per heavy atom. The van der Waals surface area contributed by atoms with Gasteiger partial charge < -0.3 is 0 Å². The quantitative estimate of drug-likeness (QED) is 0.554. The summed E-state index contributed by atoms with van der Waals surface area (Å²) in [5.74, 6) is 0. The Kier molecular flexibility index (Phi) is 2.12. The highest BCUT2D eigenvalue weighted by atomic mass is 15.1. The molecule has 0 atom stereocenters. The van der Waals surface area contributed by atoms with Crippen molar-refractivity contribution >= 4 is 21.8 Å². The molecule has 1 N–H and O–H groups in total. The zero-order valence-corrected chi connectivity index (χ0v) is 10.2. The van der Waals surface area contributed by atoms with Crippen molar-refractivity contribution in [1.82, 2.24) is 15.2 Å². The Balaban J connectivity index is 1.99. The van der Waals surface area contributed by atoms with Crippen molar-refractivity contribution in [3.8, 4) is 11.3 Å². The molecule has 3 heteroatoms. The summed E-state index contributed by atoms with van der Waals surface area (Å²) >= 11 is 0. The molecule has 90 valence electrons. The molecule has 0 aliphatic rings. The number of rotatable bonds is 1. The Morgan fingerprint density at radius 1 is 0.842 bits per heavy atom. The van der Waals surface area contributed by atoms with Crippen LogP contribution in [-0.4, -0.2) is 15.2 Å². The van der Waals surface area contributed by atoms with Gasteiger partial charge in [-0.3, -0.25) is 10.1 Å². The molecule has 0 bridgehead atoms. The van der Waals surface area contributed by atoms with Gasteiger partial charge in [0.25, 0.3) is 0 Å². The molecule has 2 heterocycles. The van der Waals surface area contributed by atoms with Gasteiger partial charge in [-0.25, -0.2) is 0 Å². The number of aromatic amines is 1. The normalized spacial score (nSPS) is 11.2. The second kappa shape index (κ2) is 3.92. The second-order valence-electron chi connectivity index (χ2n) is 4.53. The first kappa shape index (κ1) is 10.3. The number of pyridine rings is 1. The predicted octanol–water partition coefficient (Wildman–Crippen LogP) is 3.78. The van der Waals surface area contributed by atoms with E-state index in [4.69, 9.17) is 0 Å². The first-order valence-electron chi connectivity index (χ1n) is 6.20. The van der Waals surface area contributed by atoms with Crippen molar-refractivity contribution in [2.45, 2.75) is 0 Å². The van der Waals surface area contributed by atoms with Gasteiger partial charge in [0.2, 0.25) is 0 Å². The van der Waals surface area contributed by atoms with Gasteiger partial charge in [0.1, 0.15) is 11.2 Å². The van der Waals surface area contributed by atoms with Crippen LogP contribution in [0.4, 0.5) is 0 Å².